The van der Waals surface area contributed by atoms with Crippen LogP contribution >= 0.6 is 11.8 Å². The van der Waals surface area contributed by atoms with Gasteiger partial charge in [-0.25, -0.2) is 4.98 Å². The van der Waals surface area contributed by atoms with E-state index in [4.69, 9.17) is 15.0 Å². The summed E-state index contributed by atoms with van der Waals surface area (Å²) in [6, 6.07) is 61.8. The normalized spacial score (nSPS) is 12.1. The molecule has 0 amide bonds. The van der Waals surface area contributed by atoms with Crippen LogP contribution in [0, 0.1) is 0 Å². The summed E-state index contributed by atoms with van der Waals surface area (Å²) >= 11 is 1.83. The van der Waals surface area contributed by atoms with E-state index in [-0.39, 0.29) is 0 Å². The van der Waals surface area contributed by atoms with E-state index in [1.165, 1.54) is 26.1 Å². The monoisotopic (exact) mass is 695 g/mol. The van der Waals surface area contributed by atoms with E-state index in [1.807, 2.05) is 30.0 Å². The highest BCUT2D eigenvalue weighted by atomic mass is 32.2. The molecule has 0 radical (unpaired) electrons. The number of rotatable bonds is 5. The Balaban J connectivity index is 1.25. The maximum atomic E-state index is 5.41. The molecule has 3 aromatic heterocycles. The quantitative estimate of drug-likeness (QED) is 0.180. The summed E-state index contributed by atoms with van der Waals surface area (Å²) in [5.74, 6) is 1.80. The lowest BCUT2D eigenvalue weighted by Gasteiger charge is -2.20. The van der Waals surface area contributed by atoms with Crippen LogP contribution in [0.2, 0.25) is 0 Å². The number of nitrogens with zero attached hydrogens (tertiary/aromatic N) is 5. The molecule has 0 saturated heterocycles. The molecule has 0 saturated carbocycles. The number of hydrogen-bond acceptors (Lipinski definition) is 4. The fraction of sp³-hybridized carbons (Fsp3) is 0. The lowest BCUT2D eigenvalue weighted by atomic mass is 9.96. The van der Waals surface area contributed by atoms with Crippen molar-refractivity contribution >= 4 is 44.6 Å². The van der Waals surface area contributed by atoms with E-state index in [2.05, 4.69) is 167 Å². The Morgan fingerprint density at radius 1 is 0.396 bits per heavy atom. The first-order chi connectivity index (χ1) is 26.3. The molecule has 53 heavy (non-hydrogen) atoms. The third-order valence-electron chi connectivity index (χ3n) is 10.1. The van der Waals surface area contributed by atoms with E-state index in [1.54, 1.807) is 0 Å². The van der Waals surface area contributed by atoms with Crippen LogP contribution in [0.3, 0.4) is 0 Å². The van der Waals surface area contributed by atoms with Crippen LogP contribution in [0.4, 0.5) is 0 Å². The molecule has 0 atom stereocenters. The summed E-state index contributed by atoms with van der Waals surface area (Å²) in [5.41, 5.74) is 10.8. The largest absolute Gasteiger partial charge is 0.293 e. The molecule has 6 heteroatoms. The molecule has 4 heterocycles. The number of aromatic nitrogens is 5. The van der Waals surface area contributed by atoms with Crippen molar-refractivity contribution < 1.29 is 0 Å². The van der Waals surface area contributed by atoms with Crippen LogP contribution in [0.5, 0.6) is 0 Å². The molecule has 248 valence electrons. The first kappa shape index (κ1) is 29.9. The number of hydrogen-bond donors (Lipinski definition) is 0. The average Bonchev–Trinajstić information content (AvgIpc) is 3.76. The van der Waals surface area contributed by atoms with Crippen LogP contribution in [-0.2, 0) is 0 Å². The second kappa shape index (κ2) is 11.9. The predicted molar refractivity (Wildman–Crippen MR) is 217 cm³/mol. The third kappa shape index (κ3) is 4.76. The van der Waals surface area contributed by atoms with Crippen molar-refractivity contribution in [1.29, 1.82) is 0 Å². The highest BCUT2D eigenvalue weighted by molar-refractivity contribution is 7.99. The number of para-hydroxylation sites is 3. The average molecular weight is 696 g/mol. The zero-order valence-electron chi connectivity index (χ0n) is 28.4. The van der Waals surface area contributed by atoms with Gasteiger partial charge in [0.25, 0.3) is 0 Å². The van der Waals surface area contributed by atoms with E-state index >= 15 is 0 Å². The van der Waals surface area contributed by atoms with Crippen LogP contribution < -0.4 is 0 Å². The highest BCUT2D eigenvalue weighted by Gasteiger charge is 2.29. The van der Waals surface area contributed by atoms with Crippen molar-refractivity contribution in [3.63, 3.8) is 0 Å². The van der Waals surface area contributed by atoms with Gasteiger partial charge in [0.1, 0.15) is 5.65 Å². The zero-order chi connectivity index (χ0) is 34.9. The van der Waals surface area contributed by atoms with Crippen LogP contribution in [-0.4, -0.2) is 24.1 Å². The first-order valence-electron chi connectivity index (χ1n) is 17.7. The highest BCUT2D eigenvalue weighted by Crippen LogP contribution is 2.49. The second-order valence-corrected chi connectivity index (χ2v) is 14.4. The molecule has 0 N–H and O–H groups in total. The minimum absolute atomic E-state index is 0.572. The molecule has 11 rings (SSSR count). The fourth-order valence-corrected chi connectivity index (χ4v) is 8.88. The van der Waals surface area contributed by atoms with Gasteiger partial charge in [-0.15, -0.1) is 0 Å². The van der Waals surface area contributed by atoms with Gasteiger partial charge in [0.15, 0.2) is 11.6 Å². The number of fused-ring (bicyclic) bond motifs is 7. The van der Waals surface area contributed by atoms with Crippen molar-refractivity contribution in [2.75, 3.05) is 0 Å². The molecule has 5 nitrogen and oxygen atoms in total. The Hall–Kier alpha value is -6.76. The summed E-state index contributed by atoms with van der Waals surface area (Å²) in [4.78, 5) is 18.4. The lowest BCUT2D eigenvalue weighted by molar-refractivity contribution is 0.927. The van der Waals surface area contributed by atoms with Crippen molar-refractivity contribution in [3.8, 4) is 56.7 Å². The first-order valence-corrected chi connectivity index (χ1v) is 18.5. The second-order valence-electron chi connectivity index (χ2n) is 13.3. The summed E-state index contributed by atoms with van der Waals surface area (Å²) in [5, 5.41) is 3.57. The molecule has 0 fully saturated rings. The minimum atomic E-state index is 0.572. The molecule has 0 spiro atoms. The molecule has 0 unspecified atom stereocenters. The Kier molecular flexibility index (Phi) is 6.72. The van der Waals surface area contributed by atoms with Gasteiger partial charge in [-0.2, -0.15) is 9.97 Å². The van der Waals surface area contributed by atoms with Crippen molar-refractivity contribution in [2.24, 2.45) is 0 Å². The van der Waals surface area contributed by atoms with Gasteiger partial charge >= 0.3 is 0 Å². The Morgan fingerprint density at radius 2 is 0.943 bits per heavy atom. The minimum Gasteiger partial charge on any atom is -0.293 e. The maximum Gasteiger partial charge on any atom is 0.239 e. The van der Waals surface area contributed by atoms with Crippen LogP contribution in [0.1, 0.15) is 0 Å². The smallest absolute Gasteiger partial charge is 0.239 e. The van der Waals surface area contributed by atoms with Crippen LogP contribution in [0.15, 0.2) is 186 Å². The molecular formula is C47H29N5S. The molecule has 1 aliphatic rings. The van der Waals surface area contributed by atoms with Crippen molar-refractivity contribution in [3.05, 3.63) is 176 Å². The topological polar surface area (TPSA) is 48.5 Å². The van der Waals surface area contributed by atoms with Crippen molar-refractivity contribution in [1.82, 2.24) is 24.1 Å². The van der Waals surface area contributed by atoms with E-state index < -0.39 is 0 Å². The maximum absolute atomic E-state index is 5.41. The SMILES string of the molecule is c1ccc(-c2cc(-c3ccccc3)cc(-c3nc(-c4ccccc4)nc(-n4c5ccccc5c5c6cccc7c6n(c54)-c4ccccc4S7)n3)c2)cc1. The summed E-state index contributed by atoms with van der Waals surface area (Å²) in [6.07, 6.45) is 0. The molecule has 7 aromatic carbocycles. The van der Waals surface area contributed by atoms with E-state index in [0.717, 1.165) is 55.6 Å². The lowest BCUT2D eigenvalue weighted by Crippen LogP contribution is -2.10. The van der Waals surface area contributed by atoms with Crippen LogP contribution in [0.25, 0.3) is 89.5 Å². The summed E-state index contributed by atoms with van der Waals surface area (Å²) in [7, 11) is 0. The Morgan fingerprint density at radius 3 is 1.66 bits per heavy atom. The third-order valence-corrected chi connectivity index (χ3v) is 11.3. The Bertz CT molecular complexity index is 2960. The van der Waals surface area contributed by atoms with Gasteiger partial charge in [0.2, 0.25) is 5.95 Å². The summed E-state index contributed by atoms with van der Waals surface area (Å²) in [6.45, 7) is 0. The summed E-state index contributed by atoms with van der Waals surface area (Å²) < 4.78 is 4.67. The van der Waals surface area contributed by atoms with Gasteiger partial charge in [-0.1, -0.05) is 145 Å². The molecule has 0 aliphatic carbocycles. The van der Waals surface area contributed by atoms with E-state index in [9.17, 15) is 0 Å². The van der Waals surface area contributed by atoms with Crippen molar-refractivity contribution in [2.45, 2.75) is 9.79 Å². The zero-order valence-corrected chi connectivity index (χ0v) is 29.2. The van der Waals surface area contributed by atoms with Gasteiger partial charge in [0, 0.05) is 37.1 Å². The van der Waals surface area contributed by atoms with E-state index in [0.29, 0.717) is 17.6 Å². The van der Waals surface area contributed by atoms with Gasteiger partial charge in [0.05, 0.1) is 16.7 Å². The molecule has 10 aromatic rings. The molecule has 0 bridgehead atoms. The fourth-order valence-electron chi connectivity index (χ4n) is 7.79. The number of benzene rings is 7. The predicted octanol–water partition coefficient (Wildman–Crippen LogP) is 12.0. The molecular weight excluding hydrogens is 667 g/mol. The van der Waals surface area contributed by atoms with Gasteiger partial charge < -0.3 is 0 Å². The van der Waals surface area contributed by atoms with Gasteiger partial charge in [-0.05, 0) is 64.7 Å². The standard InChI is InChI=1S/C47H29N5S/c1-4-15-30(16-5-1)33-27-34(31-17-6-2-7-18-31)29-35(28-33)45-48-44(32-19-8-3-9-20-32)49-47(50-45)52-38-23-11-10-21-36(38)42-37-22-14-26-41-43(37)51(46(42)52)39-24-12-13-25-40(39)53-41/h1-29H. The molecule has 1 aliphatic heterocycles. The van der Waals surface area contributed by atoms with Gasteiger partial charge in [-0.3, -0.25) is 9.13 Å². The Labute approximate surface area is 309 Å².